The monoisotopic (exact) mass is 388 g/mol. The van der Waals surface area contributed by atoms with E-state index in [2.05, 4.69) is 13.0 Å². The van der Waals surface area contributed by atoms with Gasteiger partial charge in [0.1, 0.15) is 5.75 Å². The van der Waals surface area contributed by atoms with Gasteiger partial charge in [-0.2, -0.15) is 8.42 Å². The SMILES string of the molecule is CCCOc1ccccc1[C@H]1CC[C@H](OS(=O)(=O)c2ccc(C)cc2)CC1. The molecule has 5 heteroatoms. The molecule has 0 N–H and O–H groups in total. The first kappa shape index (κ1) is 19.9. The lowest BCUT2D eigenvalue weighted by molar-refractivity contribution is 0.152. The number of ether oxygens (including phenoxy) is 1. The Morgan fingerprint density at radius 3 is 2.30 bits per heavy atom. The van der Waals surface area contributed by atoms with Gasteiger partial charge in [0.2, 0.25) is 0 Å². The first-order valence-electron chi connectivity index (χ1n) is 9.71. The van der Waals surface area contributed by atoms with Crippen molar-refractivity contribution in [1.82, 2.24) is 0 Å². The van der Waals surface area contributed by atoms with E-state index in [0.717, 1.165) is 43.4 Å². The summed E-state index contributed by atoms with van der Waals surface area (Å²) in [4.78, 5) is 0.230. The smallest absolute Gasteiger partial charge is 0.297 e. The zero-order chi connectivity index (χ0) is 19.3. The molecule has 4 nitrogen and oxygen atoms in total. The van der Waals surface area contributed by atoms with Gasteiger partial charge < -0.3 is 4.74 Å². The van der Waals surface area contributed by atoms with Crippen molar-refractivity contribution < 1.29 is 17.3 Å². The standard InChI is InChI=1S/C22H28O4S/c1-3-16-25-22-7-5-4-6-21(22)18-10-12-19(13-11-18)26-27(23,24)20-14-8-17(2)9-15-20/h4-9,14-15,18-19H,3,10-13,16H2,1-2H3/t18-,19-. The minimum Gasteiger partial charge on any atom is -0.493 e. The van der Waals surface area contributed by atoms with Crippen molar-refractivity contribution in [3.8, 4) is 5.75 Å². The number of rotatable bonds is 7. The first-order valence-corrected chi connectivity index (χ1v) is 11.1. The Hall–Kier alpha value is -1.85. The maximum atomic E-state index is 12.5. The van der Waals surface area contributed by atoms with Crippen LogP contribution >= 0.6 is 0 Å². The molecule has 0 heterocycles. The van der Waals surface area contributed by atoms with Crippen LogP contribution in [0.1, 0.15) is 56.1 Å². The van der Waals surface area contributed by atoms with Gasteiger partial charge >= 0.3 is 0 Å². The van der Waals surface area contributed by atoms with Gasteiger partial charge in [0, 0.05) is 0 Å². The second kappa shape index (κ2) is 8.89. The molecule has 0 bridgehead atoms. The van der Waals surface area contributed by atoms with Crippen LogP contribution in [0.15, 0.2) is 53.4 Å². The third-order valence-electron chi connectivity index (χ3n) is 5.07. The molecule has 0 unspecified atom stereocenters. The van der Waals surface area contributed by atoms with Crippen LogP contribution in [0.3, 0.4) is 0 Å². The molecule has 3 rings (SSSR count). The van der Waals surface area contributed by atoms with E-state index in [1.165, 1.54) is 5.56 Å². The highest BCUT2D eigenvalue weighted by Crippen LogP contribution is 2.39. The maximum absolute atomic E-state index is 12.5. The van der Waals surface area contributed by atoms with Crippen molar-refractivity contribution >= 4 is 10.1 Å². The fourth-order valence-corrected chi connectivity index (χ4v) is 4.70. The van der Waals surface area contributed by atoms with E-state index < -0.39 is 10.1 Å². The molecule has 0 radical (unpaired) electrons. The summed E-state index contributed by atoms with van der Waals surface area (Å²) in [5.74, 6) is 1.34. The summed E-state index contributed by atoms with van der Waals surface area (Å²) in [7, 11) is -3.70. The molecule has 27 heavy (non-hydrogen) atoms. The second-order valence-corrected chi connectivity index (χ2v) is 8.80. The largest absolute Gasteiger partial charge is 0.493 e. The van der Waals surface area contributed by atoms with E-state index >= 15 is 0 Å². The highest BCUT2D eigenvalue weighted by Gasteiger charge is 2.29. The topological polar surface area (TPSA) is 52.6 Å². The van der Waals surface area contributed by atoms with Crippen LogP contribution in [0, 0.1) is 6.92 Å². The Labute approximate surface area is 162 Å². The lowest BCUT2D eigenvalue weighted by Gasteiger charge is -2.29. The summed E-state index contributed by atoms with van der Waals surface area (Å²) in [6.07, 6.45) is 4.00. The van der Waals surface area contributed by atoms with Crippen molar-refractivity contribution in [2.24, 2.45) is 0 Å². The summed E-state index contributed by atoms with van der Waals surface area (Å²) in [6, 6.07) is 15.0. The normalized spacial score (nSPS) is 20.4. The number of para-hydroxylation sites is 1. The van der Waals surface area contributed by atoms with Crippen molar-refractivity contribution in [2.45, 2.75) is 62.9 Å². The first-order chi connectivity index (χ1) is 13.0. The number of hydrogen-bond donors (Lipinski definition) is 0. The number of benzene rings is 2. The van der Waals surface area contributed by atoms with E-state index in [4.69, 9.17) is 8.92 Å². The fourth-order valence-electron chi connectivity index (χ4n) is 3.57. The van der Waals surface area contributed by atoms with Crippen LogP contribution < -0.4 is 4.74 Å². The van der Waals surface area contributed by atoms with Gasteiger partial charge in [0.05, 0.1) is 17.6 Å². The molecule has 0 amide bonds. The molecule has 0 atom stereocenters. The summed E-state index contributed by atoms with van der Waals surface area (Å²) < 4.78 is 36.4. The lowest BCUT2D eigenvalue weighted by Crippen LogP contribution is -2.24. The van der Waals surface area contributed by atoms with Crippen molar-refractivity contribution in [2.75, 3.05) is 6.61 Å². The molecular formula is C22H28O4S. The van der Waals surface area contributed by atoms with Gasteiger partial charge in [-0.15, -0.1) is 0 Å². The third-order valence-corrected chi connectivity index (χ3v) is 6.44. The van der Waals surface area contributed by atoms with Gasteiger partial charge in [-0.3, -0.25) is 4.18 Å². The molecule has 0 saturated heterocycles. The summed E-state index contributed by atoms with van der Waals surface area (Å²) in [5, 5.41) is 0. The van der Waals surface area contributed by atoms with Gasteiger partial charge in [-0.1, -0.05) is 42.8 Å². The summed E-state index contributed by atoms with van der Waals surface area (Å²) in [6.45, 7) is 4.74. The average Bonchev–Trinajstić information content (AvgIpc) is 2.67. The molecule has 1 saturated carbocycles. The molecule has 146 valence electrons. The van der Waals surface area contributed by atoms with Crippen molar-refractivity contribution in [3.05, 3.63) is 59.7 Å². The van der Waals surface area contributed by atoms with Crippen LogP contribution in [0.5, 0.6) is 5.75 Å². The molecule has 0 aromatic heterocycles. The lowest BCUT2D eigenvalue weighted by atomic mass is 9.82. The highest BCUT2D eigenvalue weighted by atomic mass is 32.2. The minimum atomic E-state index is -3.70. The van der Waals surface area contributed by atoms with E-state index in [9.17, 15) is 8.42 Å². The molecule has 2 aromatic rings. The van der Waals surface area contributed by atoms with Crippen LogP contribution in [0.2, 0.25) is 0 Å². The minimum absolute atomic E-state index is 0.230. The van der Waals surface area contributed by atoms with Crippen LogP contribution in [0.25, 0.3) is 0 Å². The van der Waals surface area contributed by atoms with Crippen LogP contribution in [-0.4, -0.2) is 21.1 Å². The highest BCUT2D eigenvalue weighted by molar-refractivity contribution is 7.86. The Bertz CT molecular complexity index is 835. The van der Waals surface area contributed by atoms with Gasteiger partial charge in [-0.25, -0.2) is 0 Å². The zero-order valence-corrected chi connectivity index (χ0v) is 16.9. The van der Waals surface area contributed by atoms with Crippen molar-refractivity contribution in [3.63, 3.8) is 0 Å². The molecule has 1 fully saturated rings. The molecule has 0 aliphatic heterocycles. The summed E-state index contributed by atoms with van der Waals surface area (Å²) >= 11 is 0. The van der Waals surface area contributed by atoms with Crippen LogP contribution in [0.4, 0.5) is 0 Å². The van der Waals surface area contributed by atoms with Crippen LogP contribution in [-0.2, 0) is 14.3 Å². The second-order valence-electron chi connectivity index (χ2n) is 7.22. The molecule has 2 aromatic carbocycles. The Morgan fingerprint density at radius 1 is 0.963 bits per heavy atom. The Kier molecular flexibility index (Phi) is 6.55. The number of aryl methyl sites for hydroxylation is 1. The van der Waals surface area contributed by atoms with E-state index in [1.54, 1.807) is 24.3 Å². The van der Waals surface area contributed by atoms with Gasteiger partial charge in [-0.05, 0) is 68.7 Å². The zero-order valence-electron chi connectivity index (χ0n) is 16.1. The number of hydrogen-bond acceptors (Lipinski definition) is 4. The van der Waals surface area contributed by atoms with E-state index in [1.807, 2.05) is 25.1 Å². The van der Waals surface area contributed by atoms with Crippen molar-refractivity contribution in [1.29, 1.82) is 0 Å². The van der Waals surface area contributed by atoms with E-state index in [0.29, 0.717) is 12.5 Å². The molecule has 1 aliphatic rings. The predicted molar refractivity (Wildman–Crippen MR) is 107 cm³/mol. The molecule has 0 spiro atoms. The summed E-state index contributed by atoms with van der Waals surface area (Å²) in [5.41, 5.74) is 2.25. The Morgan fingerprint density at radius 2 is 1.63 bits per heavy atom. The third kappa shape index (κ3) is 5.11. The molecule has 1 aliphatic carbocycles. The van der Waals surface area contributed by atoms with Gasteiger partial charge in [0.15, 0.2) is 0 Å². The van der Waals surface area contributed by atoms with Gasteiger partial charge in [0.25, 0.3) is 10.1 Å². The Balaban J connectivity index is 1.62. The maximum Gasteiger partial charge on any atom is 0.297 e. The quantitative estimate of drug-likeness (QED) is 0.611. The predicted octanol–water partition coefficient (Wildman–Crippen LogP) is 5.22. The average molecular weight is 389 g/mol. The van der Waals surface area contributed by atoms with E-state index in [-0.39, 0.29) is 11.0 Å². The molecular weight excluding hydrogens is 360 g/mol. The fraction of sp³-hybridized carbons (Fsp3) is 0.455.